The highest BCUT2D eigenvalue weighted by Gasteiger charge is 2.16. The van der Waals surface area contributed by atoms with Crippen LogP contribution in [0.25, 0.3) is 0 Å². The van der Waals surface area contributed by atoms with Gasteiger partial charge in [-0.05, 0) is 48.1 Å². The lowest BCUT2D eigenvalue weighted by Gasteiger charge is -2.06. The second-order valence-electron chi connectivity index (χ2n) is 4.41. The van der Waals surface area contributed by atoms with E-state index < -0.39 is 0 Å². The van der Waals surface area contributed by atoms with Gasteiger partial charge in [0, 0.05) is 17.9 Å². The van der Waals surface area contributed by atoms with E-state index in [0.29, 0.717) is 11.3 Å². The molecule has 2 aromatic rings. The first-order valence-corrected chi connectivity index (χ1v) is 7.04. The molecule has 1 aliphatic heterocycles. The van der Waals surface area contributed by atoms with Crippen LogP contribution in [0.15, 0.2) is 18.2 Å². The monoisotopic (exact) mass is 274 g/mol. The number of carbonyl (C=O) groups excluding carboxylic acids is 1. The van der Waals surface area contributed by atoms with E-state index in [-0.39, 0.29) is 5.91 Å². The lowest BCUT2D eigenvalue weighted by Crippen LogP contribution is -2.12. The third-order valence-electron chi connectivity index (χ3n) is 3.17. The van der Waals surface area contributed by atoms with Crippen LogP contribution in [0, 0.1) is 0 Å². The van der Waals surface area contributed by atoms with Crippen LogP contribution in [0.3, 0.4) is 0 Å². The Morgan fingerprint density at radius 1 is 1.53 bits per heavy atom. The highest BCUT2D eigenvalue weighted by Crippen LogP contribution is 2.25. The van der Waals surface area contributed by atoms with Crippen molar-refractivity contribution in [2.75, 3.05) is 17.2 Å². The van der Waals surface area contributed by atoms with Crippen molar-refractivity contribution in [3.8, 4) is 0 Å². The predicted molar refractivity (Wildman–Crippen MR) is 75.9 cm³/mol. The molecule has 3 rings (SSSR count). The Balaban J connectivity index is 1.80. The molecule has 1 aromatic carbocycles. The van der Waals surface area contributed by atoms with E-state index in [4.69, 9.17) is 0 Å². The molecule has 1 aromatic heterocycles. The molecule has 0 aliphatic carbocycles. The van der Waals surface area contributed by atoms with E-state index in [0.717, 1.165) is 41.6 Å². The predicted octanol–water partition coefficient (Wildman–Crippen LogP) is 2.32. The van der Waals surface area contributed by atoms with Gasteiger partial charge in [-0.2, -0.15) is 0 Å². The molecule has 0 saturated carbocycles. The average molecular weight is 274 g/mol. The van der Waals surface area contributed by atoms with Crippen molar-refractivity contribution < 1.29 is 4.79 Å². The topological polar surface area (TPSA) is 66.9 Å². The summed E-state index contributed by atoms with van der Waals surface area (Å²) in [5.41, 5.74) is 3.98. The number of aryl methyl sites for hydroxylation is 1. The van der Waals surface area contributed by atoms with Gasteiger partial charge in [0.05, 0.1) is 5.69 Å². The molecule has 0 fully saturated rings. The number of anilines is 2. The van der Waals surface area contributed by atoms with Crippen LogP contribution in [0.1, 0.15) is 27.9 Å². The number of benzene rings is 1. The summed E-state index contributed by atoms with van der Waals surface area (Å²) in [5, 5.41) is 10.2. The largest absolute Gasteiger partial charge is 0.384 e. The number of nitrogens with one attached hydrogen (secondary N) is 2. The maximum Gasteiger partial charge on any atom is 0.269 e. The van der Waals surface area contributed by atoms with Crippen molar-refractivity contribution in [2.45, 2.75) is 19.8 Å². The minimum atomic E-state index is -0.127. The quantitative estimate of drug-likeness (QED) is 0.901. The Bertz CT molecular complexity index is 623. The fourth-order valence-electron chi connectivity index (χ4n) is 2.18. The molecular weight excluding hydrogens is 260 g/mol. The number of carbonyl (C=O) groups is 1. The number of aromatic nitrogens is 2. The molecule has 6 heteroatoms. The Labute approximate surface area is 115 Å². The molecule has 0 atom stereocenters. The second-order valence-corrected chi connectivity index (χ2v) is 5.16. The van der Waals surface area contributed by atoms with Crippen molar-refractivity contribution in [1.82, 2.24) is 9.59 Å². The molecule has 98 valence electrons. The molecule has 5 nitrogen and oxygen atoms in total. The Morgan fingerprint density at radius 2 is 2.42 bits per heavy atom. The minimum absolute atomic E-state index is 0.127. The Hall–Kier alpha value is -1.95. The zero-order valence-electron chi connectivity index (χ0n) is 10.6. The van der Waals surface area contributed by atoms with Gasteiger partial charge < -0.3 is 10.6 Å². The minimum Gasteiger partial charge on any atom is -0.384 e. The van der Waals surface area contributed by atoms with Gasteiger partial charge >= 0.3 is 0 Å². The van der Waals surface area contributed by atoms with Gasteiger partial charge in [-0.25, -0.2) is 0 Å². The maximum absolute atomic E-state index is 12.2. The molecule has 0 radical (unpaired) electrons. The van der Waals surface area contributed by atoms with Crippen molar-refractivity contribution in [3.05, 3.63) is 34.3 Å². The number of rotatable bonds is 3. The standard InChI is InChI=1S/C13H14N4OS/c1-2-10-12(19-17-16-10)13(18)15-9-3-4-11-8(7-9)5-6-14-11/h3-4,7,14H,2,5-6H2,1H3,(H,15,18). The molecule has 2 heterocycles. The van der Waals surface area contributed by atoms with Crippen molar-refractivity contribution in [2.24, 2.45) is 0 Å². The number of nitrogens with zero attached hydrogens (tertiary/aromatic N) is 2. The van der Waals surface area contributed by atoms with Crippen molar-refractivity contribution in [1.29, 1.82) is 0 Å². The highest BCUT2D eigenvalue weighted by molar-refractivity contribution is 7.08. The first-order chi connectivity index (χ1) is 9.28. The van der Waals surface area contributed by atoms with Gasteiger partial charge in [0.1, 0.15) is 4.88 Å². The fourth-order valence-corrected chi connectivity index (χ4v) is 2.83. The van der Waals surface area contributed by atoms with Crippen LogP contribution in [0.4, 0.5) is 11.4 Å². The van der Waals surface area contributed by atoms with Crippen molar-refractivity contribution in [3.63, 3.8) is 0 Å². The van der Waals surface area contributed by atoms with Gasteiger partial charge in [-0.1, -0.05) is 11.4 Å². The van der Waals surface area contributed by atoms with Crippen LogP contribution in [0.2, 0.25) is 0 Å². The van der Waals surface area contributed by atoms with E-state index in [2.05, 4.69) is 20.2 Å². The number of hydrogen-bond donors (Lipinski definition) is 2. The van der Waals surface area contributed by atoms with Gasteiger partial charge in [-0.3, -0.25) is 4.79 Å². The summed E-state index contributed by atoms with van der Waals surface area (Å²) in [4.78, 5) is 12.8. The SMILES string of the molecule is CCc1nnsc1C(=O)Nc1ccc2c(c1)CCN2. The molecule has 2 N–H and O–H groups in total. The average Bonchev–Trinajstić information content (AvgIpc) is 3.06. The van der Waals surface area contributed by atoms with Gasteiger partial charge in [0.2, 0.25) is 0 Å². The molecule has 0 unspecified atom stereocenters. The lowest BCUT2D eigenvalue weighted by atomic mass is 10.1. The molecule has 0 spiro atoms. The molecular formula is C13H14N4OS. The van der Waals surface area contributed by atoms with Crippen LogP contribution < -0.4 is 10.6 Å². The van der Waals surface area contributed by atoms with Crippen molar-refractivity contribution >= 4 is 28.8 Å². The lowest BCUT2D eigenvalue weighted by molar-refractivity contribution is 0.102. The molecule has 1 aliphatic rings. The first-order valence-electron chi connectivity index (χ1n) is 6.27. The van der Waals surface area contributed by atoms with Crippen LogP contribution in [-0.2, 0) is 12.8 Å². The summed E-state index contributed by atoms with van der Waals surface area (Å²) in [5.74, 6) is -0.127. The molecule has 1 amide bonds. The maximum atomic E-state index is 12.2. The molecule has 0 saturated heterocycles. The van der Waals surface area contributed by atoms with Gasteiger partial charge in [-0.15, -0.1) is 5.10 Å². The van der Waals surface area contributed by atoms with Crippen LogP contribution in [0.5, 0.6) is 0 Å². The van der Waals surface area contributed by atoms with Crippen LogP contribution >= 0.6 is 11.5 Å². The summed E-state index contributed by atoms with van der Waals surface area (Å²) in [6.45, 7) is 2.93. The number of fused-ring (bicyclic) bond motifs is 1. The normalized spacial score (nSPS) is 12.9. The summed E-state index contributed by atoms with van der Waals surface area (Å²) in [7, 11) is 0. The Morgan fingerprint density at radius 3 is 3.26 bits per heavy atom. The van der Waals surface area contributed by atoms with Gasteiger partial charge in [0.15, 0.2) is 0 Å². The van der Waals surface area contributed by atoms with E-state index >= 15 is 0 Å². The van der Waals surface area contributed by atoms with Gasteiger partial charge in [0.25, 0.3) is 5.91 Å². The smallest absolute Gasteiger partial charge is 0.269 e. The Kier molecular flexibility index (Phi) is 3.16. The first kappa shape index (κ1) is 12.1. The summed E-state index contributed by atoms with van der Waals surface area (Å²) in [6.07, 6.45) is 1.72. The third-order valence-corrected chi connectivity index (χ3v) is 3.94. The van der Waals surface area contributed by atoms with E-state index in [9.17, 15) is 4.79 Å². The second kappa shape index (κ2) is 4.97. The van der Waals surface area contributed by atoms with E-state index in [1.165, 1.54) is 5.56 Å². The summed E-state index contributed by atoms with van der Waals surface area (Å²) >= 11 is 1.14. The molecule has 0 bridgehead atoms. The molecule has 19 heavy (non-hydrogen) atoms. The van der Waals surface area contributed by atoms with E-state index in [1.54, 1.807) is 0 Å². The zero-order chi connectivity index (χ0) is 13.2. The summed E-state index contributed by atoms with van der Waals surface area (Å²) in [6, 6.07) is 5.94. The highest BCUT2D eigenvalue weighted by atomic mass is 32.1. The summed E-state index contributed by atoms with van der Waals surface area (Å²) < 4.78 is 3.83. The van der Waals surface area contributed by atoms with Crippen LogP contribution in [-0.4, -0.2) is 22.0 Å². The zero-order valence-corrected chi connectivity index (χ0v) is 11.4. The number of amides is 1. The van der Waals surface area contributed by atoms with E-state index in [1.807, 2.05) is 25.1 Å². The number of hydrogen-bond acceptors (Lipinski definition) is 5. The third kappa shape index (κ3) is 2.31. The fraction of sp³-hybridized carbons (Fsp3) is 0.308.